The molecule has 1 aromatic carbocycles. The molecule has 0 unspecified atom stereocenters. The Hall–Kier alpha value is -0.760. The highest BCUT2D eigenvalue weighted by molar-refractivity contribution is 8.00. The second-order valence-electron chi connectivity index (χ2n) is 3.22. The summed E-state index contributed by atoms with van der Waals surface area (Å²) in [7, 11) is 0. The summed E-state index contributed by atoms with van der Waals surface area (Å²) in [6, 6.07) is 10.0. The Bertz CT molecular complexity index is 267. The molecule has 0 spiro atoms. The fourth-order valence-corrected chi connectivity index (χ4v) is 1.83. The maximum Gasteiger partial charge on any atom is 0.145 e. The third-order valence-electron chi connectivity index (χ3n) is 1.77. The molecule has 0 aliphatic heterocycles. The first-order valence-corrected chi connectivity index (χ1v) is 5.39. The van der Waals surface area contributed by atoms with Crippen LogP contribution in [0.3, 0.4) is 0 Å². The van der Waals surface area contributed by atoms with Crippen LogP contribution in [0.5, 0.6) is 0 Å². The minimum Gasteiger partial charge on any atom is -0.298 e. The summed E-state index contributed by atoms with van der Waals surface area (Å²) in [5.74, 6) is 1.05. The SMILES string of the molecule is CC(C)C(=O)CSc1ccccc1. The molecule has 2 heteroatoms. The van der Waals surface area contributed by atoms with Gasteiger partial charge in [0.25, 0.3) is 0 Å². The van der Waals surface area contributed by atoms with Gasteiger partial charge in [0.2, 0.25) is 0 Å². The smallest absolute Gasteiger partial charge is 0.145 e. The number of carbonyl (C=O) groups is 1. The van der Waals surface area contributed by atoms with Crippen molar-refractivity contribution in [3.8, 4) is 0 Å². The van der Waals surface area contributed by atoms with Crippen molar-refractivity contribution < 1.29 is 4.79 Å². The van der Waals surface area contributed by atoms with Gasteiger partial charge < -0.3 is 0 Å². The van der Waals surface area contributed by atoms with Gasteiger partial charge in [0.1, 0.15) is 5.78 Å². The predicted molar refractivity (Wildman–Crippen MR) is 57.0 cm³/mol. The number of benzene rings is 1. The van der Waals surface area contributed by atoms with Gasteiger partial charge in [-0.15, -0.1) is 11.8 Å². The van der Waals surface area contributed by atoms with Crippen LogP contribution >= 0.6 is 11.8 Å². The van der Waals surface area contributed by atoms with Crippen molar-refractivity contribution in [3.05, 3.63) is 30.3 Å². The summed E-state index contributed by atoms with van der Waals surface area (Å²) >= 11 is 1.61. The first kappa shape index (κ1) is 10.3. The first-order valence-electron chi connectivity index (χ1n) is 4.40. The predicted octanol–water partition coefficient (Wildman–Crippen LogP) is 3.00. The molecule has 1 nitrogen and oxygen atoms in total. The number of carbonyl (C=O) groups excluding carboxylic acids is 1. The van der Waals surface area contributed by atoms with Gasteiger partial charge in [0.15, 0.2) is 0 Å². The van der Waals surface area contributed by atoms with E-state index in [4.69, 9.17) is 0 Å². The third kappa shape index (κ3) is 3.64. The average molecular weight is 194 g/mol. The van der Waals surface area contributed by atoms with E-state index in [2.05, 4.69) is 0 Å². The Labute approximate surface area is 83.5 Å². The molecule has 0 heterocycles. The highest BCUT2D eigenvalue weighted by atomic mass is 32.2. The van der Waals surface area contributed by atoms with Crippen LogP contribution in [-0.4, -0.2) is 11.5 Å². The van der Waals surface area contributed by atoms with Crippen LogP contribution in [0, 0.1) is 5.92 Å². The molecular formula is C11H14OS. The number of thioether (sulfide) groups is 1. The Balaban J connectivity index is 2.40. The van der Waals surface area contributed by atoms with Crippen LogP contribution in [0.25, 0.3) is 0 Å². The highest BCUT2D eigenvalue weighted by Gasteiger charge is 2.06. The molecule has 13 heavy (non-hydrogen) atoms. The Kier molecular flexibility index (Phi) is 4.03. The van der Waals surface area contributed by atoms with Crippen molar-refractivity contribution in [2.45, 2.75) is 18.7 Å². The molecule has 0 radical (unpaired) electrons. The summed E-state index contributed by atoms with van der Waals surface area (Å²) in [5, 5.41) is 0. The lowest BCUT2D eigenvalue weighted by molar-refractivity contribution is -0.119. The normalized spacial score (nSPS) is 10.4. The van der Waals surface area contributed by atoms with E-state index >= 15 is 0 Å². The van der Waals surface area contributed by atoms with Crippen LogP contribution in [0.2, 0.25) is 0 Å². The van der Waals surface area contributed by atoms with Gasteiger partial charge in [-0.05, 0) is 12.1 Å². The van der Waals surface area contributed by atoms with Crippen molar-refractivity contribution >= 4 is 17.5 Å². The standard InChI is InChI=1S/C11H14OS/c1-9(2)11(12)8-13-10-6-4-3-5-7-10/h3-7,9H,8H2,1-2H3. The Morgan fingerprint density at radius 3 is 2.46 bits per heavy atom. The zero-order valence-electron chi connectivity index (χ0n) is 7.99. The van der Waals surface area contributed by atoms with Gasteiger partial charge in [0.05, 0.1) is 5.75 Å². The van der Waals surface area contributed by atoms with Crippen molar-refractivity contribution in [2.75, 3.05) is 5.75 Å². The maximum absolute atomic E-state index is 11.3. The van der Waals surface area contributed by atoms with E-state index in [0.717, 1.165) is 4.90 Å². The highest BCUT2D eigenvalue weighted by Crippen LogP contribution is 2.17. The van der Waals surface area contributed by atoms with Gasteiger partial charge in [-0.1, -0.05) is 32.0 Å². The summed E-state index contributed by atoms with van der Waals surface area (Å²) in [4.78, 5) is 12.5. The first-order chi connectivity index (χ1) is 6.20. The Morgan fingerprint density at radius 2 is 1.92 bits per heavy atom. The van der Waals surface area contributed by atoms with E-state index < -0.39 is 0 Å². The topological polar surface area (TPSA) is 17.1 Å². The fourth-order valence-electron chi connectivity index (χ4n) is 0.838. The monoisotopic (exact) mass is 194 g/mol. The number of Topliss-reactive ketones (excluding diaryl/α,β-unsaturated/α-hetero) is 1. The molecule has 0 aromatic heterocycles. The van der Waals surface area contributed by atoms with Gasteiger partial charge in [0, 0.05) is 10.8 Å². The zero-order valence-corrected chi connectivity index (χ0v) is 8.80. The molecule has 0 saturated carbocycles. The number of rotatable bonds is 4. The molecule has 70 valence electrons. The molecule has 0 amide bonds. The summed E-state index contributed by atoms with van der Waals surface area (Å²) in [6.45, 7) is 3.88. The van der Waals surface area contributed by atoms with Crippen LogP contribution < -0.4 is 0 Å². The molecule has 0 atom stereocenters. The summed E-state index contributed by atoms with van der Waals surface area (Å²) in [6.07, 6.45) is 0. The summed E-state index contributed by atoms with van der Waals surface area (Å²) in [5.41, 5.74) is 0. The van der Waals surface area contributed by atoms with E-state index in [1.54, 1.807) is 11.8 Å². The van der Waals surface area contributed by atoms with Gasteiger partial charge in [-0.25, -0.2) is 0 Å². The lowest BCUT2D eigenvalue weighted by Gasteiger charge is -2.03. The molecule has 0 bridgehead atoms. The number of hydrogen-bond donors (Lipinski definition) is 0. The molecule has 1 rings (SSSR count). The zero-order chi connectivity index (χ0) is 9.68. The number of ketones is 1. The molecule has 0 N–H and O–H groups in total. The fraction of sp³-hybridized carbons (Fsp3) is 0.364. The molecule has 1 aromatic rings. The number of hydrogen-bond acceptors (Lipinski definition) is 2. The quantitative estimate of drug-likeness (QED) is 0.685. The van der Waals surface area contributed by atoms with Crippen LogP contribution in [0.15, 0.2) is 35.2 Å². The minimum absolute atomic E-state index is 0.149. The average Bonchev–Trinajstić information content (AvgIpc) is 2.15. The van der Waals surface area contributed by atoms with Crippen LogP contribution in [0.4, 0.5) is 0 Å². The summed E-state index contributed by atoms with van der Waals surface area (Å²) < 4.78 is 0. The molecular weight excluding hydrogens is 180 g/mol. The van der Waals surface area contributed by atoms with E-state index in [0.29, 0.717) is 11.5 Å². The van der Waals surface area contributed by atoms with Gasteiger partial charge >= 0.3 is 0 Å². The van der Waals surface area contributed by atoms with E-state index in [9.17, 15) is 4.79 Å². The van der Waals surface area contributed by atoms with E-state index in [1.807, 2.05) is 44.2 Å². The van der Waals surface area contributed by atoms with E-state index in [-0.39, 0.29) is 5.92 Å². The lowest BCUT2D eigenvalue weighted by atomic mass is 10.1. The van der Waals surface area contributed by atoms with Crippen molar-refractivity contribution in [1.82, 2.24) is 0 Å². The van der Waals surface area contributed by atoms with Gasteiger partial charge in [-0.2, -0.15) is 0 Å². The molecule has 0 saturated heterocycles. The second-order valence-corrected chi connectivity index (χ2v) is 4.27. The van der Waals surface area contributed by atoms with Crippen molar-refractivity contribution in [3.63, 3.8) is 0 Å². The second kappa shape index (κ2) is 5.07. The van der Waals surface area contributed by atoms with Crippen molar-refractivity contribution in [2.24, 2.45) is 5.92 Å². The maximum atomic E-state index is 11.3. The third-order valence-corrected chi connectivity index (χ3v) is 2.80. The van der Waals surface area contributed by atoms with Gasteiger partial charge in [-0.3, -0.25) is 4.79 Å². The molecule has 0 fully saturated rings. The largest absolute Gasteiger partial charge is 0.298 e. The van der Waals surface area contributed by atoms with Crippen LogP contribution in [-0.2, 0) is 4.79 Å². The van der Waals surface area contributed by atoms with E-state index in [1.165, 1.54) is 0 Å². The van der Waals surface area contributed by atoms with Crippen molar-refractivity contribution in [1.29, 1.82) is 0 Å². The molecule has 0 aliphatic carbocycles. The van der Waals surface area contributed by atoms with Crippen LogP contribution in [0.1, 0.15) is 13.8 Å². The minimum atomic E-state index is 0.149. The molecule has 0 aliphatic rings. The Morgan fingerprint density at radius 1 is 1.31 bits per heavy atom. The lowest BCUT2D eigenvalue weighted by Crippen LogP contribution is -2.09.